The third-order valence-electron chi connectivity index (χ3n) is 2.10. The number of benzene rings is 1. The monoisotopic (exact) mass is 268 g/mol. The van der Waals surface area contributed by atoms with Gasteiger partial charge in [-0.05, 0) is 31.4 Å². The molecule has 3 N–H and O–H groups in total. The summed E-state index contributed by atoms with van der Waals surface area (Å²) in [6.07, 6.45) is 3.60. The molecule has 1 aromatic rings. The van der Waals surface area contributed by atoms with Gasteiger partial charge in [-0.25, -0.2) is 0 Å². The first-order valence-corrected chi connectivity index (χ1v) is 6.70. The lowest BCUT2D eigenvalue weighted by molar-refractivity contribution is -0.456. The third kappa shape index (κ3) is 4.29. The van der Waals surface area contributed by atoms with Gasteiger partial charge in [-0.3, -0.25) is 0 Å². The summed E-state index contributed by atoms with van der Waals surface area (Å²) in [5, 5.41) is 7.18. The van der Waals surface area contributed by atoms with Crippen molar-refractivity contribution in [3.05, 3.63) is 23.8 Å². The Hall–Kier alpha value is -1.69. The average Bonchev–Trinajstić information content (AvgIpc) is 2.40. The van der Waals surface area contributed by atoms with Crippen molar-refractivity contribution in [3.63, 3.8) is 0 Å². The zero-order valence-electron chi connectivity index (χ0n) is 10.8. The Labute approximate surface area is 111 Å². The number of nitrogens with two attached hydrogens (primary N) is 1. The van der Waals surface area contributed by atoms with Crippen molar-refractivity contribution in [1.29, 1.82) is 0 Å². The molecule has 0 aliphatic rings. The van der Waals surface area contributed by atoms with Crippen LogP contribution in [0.2, 0.25) is 0 Å². The summed E-state index contributed by atoms with van der Waals surface area (Å²) in [7, 11) is 1.61. The van der Waals surface area contributed by atoms with Gasteiger partial charge in [0.1, 0.15) is 0 Å². The summed E-state index contributed by atoms with van der Waals surface area (Å²) in [4.78, 5) is 0. The SMILES string of the molecule is CCOc1ccc(C=[NH+]N=C(N)SC)cc1OC. The molecule has 6 heteroatoms. The number of thioether (sulfide) groups is 1. The summed E-state index contributed by atoms with van der Waals surface area (Å²) < 4.78 is 10.7. The van der Waals surface area contributed by atoms with E-state index in [0.29, 0.717) is 17.5 Å². The van der Waals surface area contributed by atoms with Gasteiger partial charge in [0, 0.05) is 10.7 Å². The standard InChI is InChI=1S/C12H17N3O2S/c1-4-17-10-6-5-9(7-11(10)16-2)8-14-15-12(13)18-3/h5-8H,4H2,1-3H3,(H2,13,15)/p+1. The molecule has 0 amide bonds. The lowest BCUT2D eigenvalue weighted by Crippen LogP contribution is -2.62. The van der Waals surface area contributed by atoms with E-state index in [2.05, 4.69) is 10.2 Å². The molecular formula is C12H18N3O2S+. The maximum Gasteiger partial charge on any atom is 0.225 e. The maximum absolute atomic E-state index is 5.54. The summed E-state index contributed by atoms with van der Waals surface area (Å²) in [6.45, 7) is 2.53. The van der Waals surface area contributed by atoms with Crippen LogP contribution < -0.4 is 20.3 Å². The lowest BCUT2D eigenvalue weighted by atomic mass is 10.2. The highest BCUT2D eigenvalue weighted by Crippen LogP contribution is 2.27. The molecule has 0 aliphatic heterocycles. The van der Waals surface area contributed by atoms with E-state index in [9.17, 15) is 0 Å². The number of amidine groups is 1. The molecule has 0 aliphatic carbocycles. The molecule has 98 valence electrons. The largest absolute Gasteiger partial charge is 0.493 e. The van der Waals surface area contributed by atoms with Crippen molar-refractivity contribution < 1.29 is 14.6 Å². The molecule has 0 spiro atoms. The first-order valence-electron chi connectivity index (χ1n) is 5.48. The molecule has 0 saturated carbocycles. The average molecular weight is 268 g/mol. The predicted molar refractivity (Wildman–Crippen MR) is 75.4 cm³/mol. The van der Waals surface area contributed by atoms with Crippen LogP contribution in [-0.4, -0.2) is 31.4 Å². The summed E-state index contributed by atoms with van der Waals surface area (Å²) >= 11 is 1.38. The van der Waals surface area contributed by atoms with Crippen LogP contribution in [0.4, 0.5) is 0 Å². The molecule has 0 bridgehead atoms. The second kappa shape index (κ2) is 7.60. The van der Waals surface area contributed by atoms with Crippen LogP contribution in [0.3, 0.4) is 0 Å². The van der Waals surface area contributed by atoms with Gasteiger partial charge in [0.25, 0.3) is 0 Å². The van der Waals surface area contributed by atoms with Crippen molar-refractivity contribution in [1.82, 2.24) is 0 Å². The first-order chi connectivity index (χ1) is 8.71. The van der Waals surface area contributed by atoms with Crippen molar-refractivity contribution in [2.24, 2.45) is 10.8 Å². The topological polar surface area (TPSA) is 70.8 Å². The van der Waals surface area contributed by atoms with Gasteiger partial charge in [0.2, 0.25) is 11.4 Å². The molecule has 0 unspecified atom stereocenters. The summed E-state index contributed by atoms with van der Waals surface area (Å²) in [5.74, 6) is 1.42. The molecule has 0 radical (unpaired) electrons. The highest BCUT2D eigenvalue weighted by molar-refractivity contribution is 8.13. The molecule has 1 rings (SSSR count). The first kappa shape index (κ1) is 14.4. The molecule has 18 heavy (non-hydrogen) atoms. The van der Waals surface area contributed by atoms with Gasteiger partial charge in [-0.1, -0.05) is 11.8 Å². The Morgan fingerprint density at radius 3 is 2.89 bits per heavy atom. The van der Waals surface area contributed by atoms with Crippen molar-refractivity contribution in [2.75, 3.05) is 20.0 Å². The molecule has 0 atom stereocenters. The Bertz CT molecular complexity index is 447. The second-order valence-corrected chi connectivity index (χ2v) is 4.10. The van der Waals surface area contributed by atoms with Crippen LogP contribution in [0.25, 0.3) is 0 Å². The number of methoxy groups -OCH3 is 1. The molecular weight excluding hydrogens is 250 g/mol. The van der Waals surface area contributed by atoms with Crippen LogP contribution in [0.1, 0.15) is 12.5 Å². The fraction of sp³-hybridized carbons (Fsp3) is 0.333. The van der Waals surface area contributed by atoms with E-state index in [1.807, 2.05) is 31.4 Å². The number of hydrazone groups is 1. The summed E-state index contributed by atoms with van der Waals surface area (Å²) in [5.41, 5.74) is 6.47. The van der Waals surface area contributed by atoms with Crippen molar-refractivity contribution in [2.45, 2.75) is 6.92 Å². The minimum Gasteiger partial charge on any atom is -0.493 e. The lowest BCUT2D eigenvalue weighted by Gasteiger charge is -2.08. The number of nitrogens with one attached hydrogen (secondary N) is 1. The zero-order chi connectivity index (χ0) is 13.4. The van der Waals surface area contributed by atoms with Crippen molar-refractivity contribution >= 4 is 23.1 Å². The zero-order valence-corrected chi connectivity index (χ0v) is 11.6. The van der Waals surface area contributed by atoms with E-state index in [1.54, 1.807) is 13.3 Å². The van der Waals surface area contributed by atoms with E-state index in [1.165, 1.54) is 11.8 Å². The van der Waals surface area contributed by atoms with Crippen LogP contribution in [0.15, 0.2) is 23.3 Å². The minimum atomic E-state index is 0.476. The fourth-order valence-corrected chi connectivity index (χ4v) is 1.41. The van der Waals surface area contributed by atoms with Gasteiger partial charge in [0.05, 0.1) is 13.7 Å². The van der Waals surface area contributed by atoms with E-state index in [-0.39, 0.29) is 0 Å². The van der Waals surface area contributed by atoms with Crippen LogP contribution >= 0.6 is 11.8 Å². The predicted octanol–water partition coefficient (Wildman–Crippen LogP) is 0.186. The smallest absolute Gasteiger partial charge is 0.225 e. The van der Waals surface area contributed by atoms with E-state index in [4.69, 9.17) is 15.2 Å². The van der Waals surface area contributed by atoms with E-state index >= 15 is 0 Å². The van der Waals surface area contributed by atoms with Gasteiger partial charge >= 0.3 is 0 Å². The highest BCUT2D eigenvalue weighted by atomic mass is 32.2. The number of hydrogen-bond donors (Lipinski definition) is 2. The Kier molecular flexibility index (Phi) is 6.07. The molecule has 1 aromatic carbocycles. The molecule has 5 nitrogen and oxygen atoms in total. The molecule has 0 saturated heterocycles. The van der Waals surface area contributed by atoms with Crippen LogP contribution in [-0.2, 0) is 0 Å². The Morgan fingerprint density at radius 2 is 2.28 bits per heavy atom. The number of ether oxygens (including phenoxy) is 2. The van der Waals surface area contributed by atoms with Gasteiger partial charge in [0.15, 0.2) is 11.5 Å². The van der Waals surface area contributed by atoms with Crippen molar-refractivity contribution in [3.8, 4) is 11.5 Å². The van der Waals surface area contributed by atoms with Gasteiger partial charge in [-0.2, -0.15) is 0 Å². The van der Waals surface area contributed by atoms with Crippen LogP contribution in [0.5, 0.6) is 11.5 Å². The minimum absolute atomic E-state index is 0.476. The van der Waals surface area contributed by atoms with Crippen LogP contribution in [0, 0.1) is 0 Å². The highest BCUT2D eigenvalue weighted by Gasteiger charge is 2.05. The Balaban J connectivity index is 2.85. The van der Waals surface area contributed by atoms with E-state index < -0.39 is 0 Å². The quantitative estimate of drug-likeness (QED) is 0.454. The number of hydrogen-bond acceptors (Lipinski definition) is 4. The molecule has 0 fully saturated rings. The normalized spacial score (nSPS) is 11.8. The molecule has 0 heterocycles. The van der Waals surface area contributed by atoms with Gasteiger partial charge in [-0.15, -0.1) is 5.10 Å². The van der Waals surface area contributed by atoms with Gasteiger partial charge < -0.3 is 15.2 Å². The second-order valence-electron chi connectivity index (χ2n) is 3.27. The third-order valence-corrected chi connectivity index (χ3v) is 2.61. The number of nitrogens with zero attached hydrogens (tertiary/aromatic N) is 1. The fourth-order valence-electron chi connectivity index (χ4n) is 1.26. The molecule has 0 aromatic heterocycles. The maximum atomic E-state index is 5.54. The van der Waals surface area contributed by atoms with E-state index in [0.717, 1.165) is 11.3 Å². The Morgan fingerprint density at radius 1 is 1.50 bits per heavy atom. The summed E-state index contributed by atoms with van der Waals surface area (Å²) in [6, 6.07) is 5.63. The number of rotatable bonds is 5.